The van der Waals surface area contributed by atoms with Crippen molar-refractivity contribution in [2.75, 3.05) is 13.2 Å². The summed E-state index contributed by atoms with van der Waals surface area (Å²) in [5.74, 6) is 1.72. The van der Waals surface area contributed by atoms with Gasteiger partial charge in [-0.05, 0) is 43.4 Å². The van der Waals surface area contributed by atoms with Gasteiger partial charge in [0.2, 0.25) is 0 Å². The van der Waals surface area contributed by atoms with Crippen LogP contribution in [0.15, 0.2) is 0 Å². The van der Waals surface area contributed by atoms with Crippen LogP contribution in [0.1, 0.15) is 118 Å². The predicted octanol–water partition coefficient (Wildman–Crippen LogP) is 7.09. The lowest BCUT2D eigenvalue weighted by atomic mass is 9.93. The van der Waals surface area contributed by atoms with Crippen molar-refractivity contribution in [3.8, 4) is 0 Å². The summed E-state index contributed by atoms with van der Waals surface area (Å²) in [6.45, 7) is 11.9. The standard InChI is InChI=1S/C25H48O4/c1-6-23(15-16-25(27)29-20-18-22(4)5)13-11-9-7-8-10-12-14-24(26)28-19-17-21(2)3/h21-23H,6-20H2,1-5H3. The van der Waals surface area contributed by atoms with Crippen LogP contribution >= 0.6 is 0 Å². The predicted molar refractivity (Wildman–Crippen MR) is 121 cm³/mol. The van der Waals surface area contributed by atoms with Crippen LogP contribution in [0.5, 0.6) is 0 Å². The first-order valence-electron chi connectivity index (χ1n) is 12.2. The highest BCUT2D eigenvalue weighted by atomic mass is 16.5. The molecule has 0 amide bonds. The topological polar surface area (TPSA) is 52.6 Å². The maximum Gasteiger partial charge on any atom is 0.305 e. The number of rotatable bonds is 19. The molecule has 29 heavy (non-hydrogen) atoms. The average molecular weight is 413 g/mol. The van der Waals surface area contributed by atoms with Crippen LogP contribution in [0.2, 0.25) is 0 Å². The van der Waals surface area contributed by atoms with E-state index in [2.05, 4.69) is 34.6 Å². The molecule has 0 saturated heterocycles. The molecule has 0 N–H and O–H groups in total. The molecule has 0 aliphatic heterocycles. The molecule has 0 aromatic rings. The van der Waals surface area contributed by atoms with Gasteiger partial charge in [0.1, 0.15) is 0 Å². The van der Waals surface area contributed by atoms with Crippen LogP contribution in [-0.2, 0) is 19.1 Å². The first kappa shape index (κ1) is 27.9. The summed E-state index contributed by atoms with van der Waals surface area (Å²) in [5, 5.41) is 0. The Bertz CT molecular complexity index is 404. The van der Waals surface area contributed by atoms with E-state index in [4.69, 9.17) is 9.47 Å². The zero-order valence-electron chi connectivity index (χ0n) is 20.0. The summed E-state index contributed by atoms with van der Waals surface area (Å²) >= 11 is 0. The molecule has 172 valence electrons. The maximum absolute atomic E-state index is 11.8. The Hall–Kier alpha value is -1.06. The van der Waals surface area contributed by atoms with E-state index < -0.39 is 0 Å². The Morgan fingerprint density at radius 2 is 1.10 bits per heavy atom. The van der Waals surface area contributed by atoms with Crippen molar-refractivity contribution in [1.82, 2.24) is 0 Å². The highest BCUT2D eigenvalue weighted by Gasteiger charge is 2.11. The molecule has 0 bridgehead atoms. The smallest absolute Gasteiger partial charge is 0.305 e. The molecule has 0 saturated carbocycles. The molecule has 0 rings (SSSR count). The summed E-state index contributed by atoms with van der Waals surface area (Å²) in [4.78, 5) is 23.4. The lowest BCUT2D eigenvalue weighted by Crippen LogP contribution is -2.10. The van der Waals surface area contributed by atoms with Gasteiger partial charge in [0.05, 0.1) is 13.2 Å². The second-order valence-corrected chi connectivity index (χ2v) is 9.28. The molecule has 4 nitrogen and oxygen atoms in total. The van der Waals surface area contributed by atoms with Crippen LogP contribution in [0.4, 0.5) is 0 Å². The number of carbonyl (C=O) groups is 2. The van der Waals surface area contributed by atoms with E-state index in [1.807, 2.05) is 0 Å². The lowest BCUT2D eigenvalue weighted by Gasteiger charge is -2.14. The molecule has 0 heterocycles. The zero-order chi connectivity index (χ0) is 21.9. The third kappa shape index (κ3) is 20.0. The van der Waals surface area contributed by atoms with E-state index in [0.717, 1.165) is 38.5 Å². The number of unbranched alkanes of at least 4 members (excludes halogenated alkanes) is 5. The molecular weight excluding hydrogens is 364 g/mol. The fraction of sp³-hybridized carbons (Fsp3) is 0.920. The quantitative estimate of drug-likeness (QED) is 0.168. The van der Waals surface area contributed by atoms with Crippen molar-refractivity contribution in [2.45, 2.75) is 118 Å². The minimum Gasteiger partial charge on any atom is -0.466 e. The SMILES string of the molecule is CCC(CCCCCCCCC(=O)OCCC(C)C)CCC(=O)OCCC(C)C. The van der Waals surface area contributed by atoms with Crippen molar-refractivity contribution < 1.29 is 19.1 Å². The minimum absolute atomic E-state index is 0.0353. The summed E-state index contributed by atoms with van der Waals surface area (Å²) in [7, 11) is 0. The third-order valence-electron chi connectivity index (χ3n) is 5.49. The molecule has 0 aromatic heterocycles. The molecule has 0 spiro atoms. The Kier molecular flexibility index (Phi) is 18.2. The Balaban J connectivity index is 3.55. The van der Waals surface area contributed by atoms with Crippen LogP contribution in [0.25, 0.3) is 0 Å². The first-order valence-corrected chi connectivity index (χ1v) is 12.2. The molecule has 0 fully saturated rings. The van der Waals surface area contributed by atoms with E-state index in [1.165, 1.54) is 32.1 Å². The van der Waals surface area contributed by atoms with Gasteiger partial charge in [-0.25, -0.2) is 0 Å². The van der Waals surface area contributed by atoms with E-state index in [0.29, 0.717) is 43.8 Å². The summed E-state index contributed by atoms with van der Waals surface area (Å²) < 4.78 is 10.5. The Morgan fingerprint density at radius 3 is 1.62 bits per heavy atom. The monoisotopic (exact) mass is 412 g/mol. The number of hydrogen-bond donors (Lipinski definition) is 0. The maximum atomic E-state index is 11.8. The average Bonchev–Trinajstić information content (AvgIpc) is 2.65. The van der Waals surface area contributed by atoms with Crippen LogP contribution in [-0.4, -0.2) is 25.2 Å². The number of esters is 2. The van der Waals surface area contributed by atoms with E-state index in [9.17, 15) is 9.59 Å². The van der Waals surface area contributed by atoms with Gasteiger partial charge in [-0.3, -0.25) is 9.59 Å². The first-order chi connectivity index (χ1) is 13.8. The fourth-order valence-electron chi connectivity index (χ4n) is 3.25. The Morgan fingerprint density at radius 1 is 0.621 bits per heavy atom. The molecule has 0 aliphatic carbocycles. The van der Waals surface area contributed by atoms with Gasteiger partial charge in [-0.15, -0.1) is 0 Å². The van der Waals surface area contributed by atoms with Gasteiger partial charge in [-0.1, -0.05) is 79.6 Å². The Labute approximate surface area is 180 Å². The van der Waals surface area contributed by atoms with Crippen LogP contribution < -0.4 is 0 Å². The second kappa shape index (κ2) is 18.9. The molecule has 4 heteroatoms. The van der Waals surface area contributed by atoms with Gasteiger partial charge in [0.25, 0.3) is 0 Å². The molecular formula is C25H48O4. The molecule has 0 radical (unpaired) electrons. The number of ether oxygens (including phenoxy) is 2. The minimum atomic E-state index is -0.0424. The lowest BCUT2D eigenvalue weighted by molar-refractivity contribution is -0.145. The van der Waals surface area contributed by atoms with E-state index in [1.54, 1.807) is 0 Å². The summed E-state index contributed by atoms with van der Waals surface area (Å²) in [5.41, 5.74) is 0. The van der Waals surface area contributed by atoms with Gasteiger partial charge < -0.3 is 9.47 Å². The number of carbonyl (C=O) groups excluding carboxylic acids is 2. The molecule has 0 aromatic carbocycles. The molecule has 1 atom stereocenters. The van der Waals surface area contributed by atoms with Crippen molar-refractivity contribution >= 4 is 11.9 Å². The fourth-order valence-corrected chi connectivity index (χ4v) is 3.25. The normalized spacial score (nSPS) is 12.4. The van der Waals surface area contributed by atoms with Gasteiger partial charge >= 0.3 is 11.9 Å². The van der Waals surface area contributed by atoms with Crippen molar-refractivity contribution in [3.63, 3.8) is 0 Å². The van der Waals surface area contributed by atoms with E-state index in [-0.39, 0.29) is 11.9 Å². The van der Waals surface area contributed by atoms with Crippen LogP contribution in [0, 0.1) is 17.8 Å². The van der Waals surface area contributed by atoms with Crippen molar-refractivity contribution in [2.24, 2.45) is 17.8 Å². The second-order valence-electron chi connectivity index (χ2n) is 9.28. The molecule has 0 aliphatic rings. The van der Waals surface area contributed by atoms with Crippen molar-refractivity contribution in [1.29, 1.82) is 0 Å². The summed E-state index contributed by atoms with van der Waals surface area (Å²) in [6.07, 6.45) is 13.3. The highest BCUT2D eigenvalue weighted by molar-refractivity contribution is 5.69. The highest BCUT2D eigenvalue weighted by Crippen LogP contribution is 2.20. The number of hydrogen-bond acceptors (Lipinski definition) is 4. The summed E-state index contributed by atoms with van der Waals surface area (Å²) in [6, 6.07) is 0. The van der Waals surface area contributed by atoms with Gasteiger partial charge in [-0.2, -0.15) is 0 Å². The van der Waals surface area contributed by atoms with Gasteiger partial charge in [0.15, 0.2) is 0 Å². The molecule has 1 unspecified atom stereocenters. The third-order valence-corrected chi connectivity index (χ3v) is 5.49. The zero-order valence-corrected chi connectivity index (χ0v) is 20.0. The largest absolute Gasteiger partial charge is 0.466 e. The van der Waals surface area contributed by atoms with Crippen molar-refractivity contribution in [3.05, 3.63) is 0 Å². The van der Waals surface area contributed by atoms with Gasteiger partial charge in [0, 0.05) is 12.8 Å². The van der Waals surface area contributed by atoms with E-state index >= 15 is 0 Å². The van der Waals surface area contributed by atoms with Crippen LogP contribution in [0.3, 0.4) is 0 Å².